The van der Waals surface area contributed by atoms with E-state index in [4.69, 9.17) is 5.26 Å². The second-order valence-corrected chi connectivity index (χ2v) is 5.34. The number of benzene rings is 2. The first-order valence-electron chi connectivity index (χ1n) is 4.82. The van der Waals surface area contributed by atoms with Gasteiger partial charge in [-0.15, -0.1) is 0 Å². The van der Waals surface area contributed by atoms with Crippen molar-refractivity contribution >= 4 is 27.7 Å². The van der Waals surface area contributed by atoms with Gasteiger partial charge < -0.3 is 0 Å². The summed E-state index contributed by atoms with van der Waals surface area (Å²) >= 11 is 4.68. The van der Waals surface area contributed by atoms with E-state index < -0.39 is 0 Å². The molecule has 2 rings (SSSR count). The molecule has 0 bridgehead atoms. The summed E-state index contributed by atoms with van der Waals surface area (Å²) in [4.78, 5) is 1.48. The van der Waals surface area contributed by atoms with Gasteiger partial charge >= 0.3 is 0 Å². The lowest BCUT2D eigenvalue weighted by molar-refractivity contribution is 0.601. The van der Waals surface area contributed by atoms with Crippen molar-refractivity contribution in [3.63, 3.8) is 0 Å². The van der Waals surface area contributed by atoms with Gasteiger partial charge in [0.05, 0.1) is 11.6 Å². The average Bonchev–Trinajstić information content (AvgIpc) is 2.34. The average molecular weight is 308 g/mol. The SMILES string of the molecule is N#Cc1ccc(Sc2ccc(Br)cc2)c(F)c1. The van der Waals surface area contributed by atoms with E-state index in [0.717, 1.165) is 9.37 Å². The van der Waals surface area contributed by atoms with E-state index in [1.54, 1.807) is 12.1 Å². The minimum atomic E-state index is -0.364. The summed E-state index contributed by atoms with van der Waals surface area (Å²) in [5.74, 6) is -0.364. The molecular formula is C13H7BrFNS. The number of halogens is 2. The number of hydrogen-bond acceptors (Lipinski definition) is 2. The minimum Gasteiger partial charge on any atom is -0.206 e. The van der Waals surface area contributed by atoms with Gasteiger partial charge in [-0.2, -0.15) is 5.26 Å². The third kappa shape index (κ3) is 3.09. The van der Waals surface area contributed by atoms with E-state index in [0.29, 0.717) is 10.5 Å². The van der Waals surface area contributed by atoms with Gasteiger partial charge in [0.2, 0.25) is 0 Å². The highest BCUT2D eigenvalue weighted by molar-refractivity contribution is 9.10. The molecule has 0 saturated carbocycles. The third-order valence-corrected chi connectivity index (χ3v) is 3.69. The summed E-state index contributed by atoms with van der Waals surface area (Å²) < 4.78 is 14.6. The van der Waals surface area contributed by atoms with Crippen molar-refractivity contribution in [3.8, 4) is 6.07 Å². The Balaban J connectivity index is 2.25. The smallest absolute Gasteiger partial charge is 0.138 e. The molecule has 0 heterocycles. The van der Waals surface area contributed by atoms with Gasteiger partial charge in [0.15, 0.2) is 0 Å². The molecule has 0 radical (unpaired) electrons. The number of nitrogens with zero attached hydrogens (tertiary/aromatic N) is 1. The fraction of sp³-hybridized carbons (Fsp3) is 0. The molecular weight excluding hydrogens is 301 g/mol. The Labute approximate surface area is 111 Å². The van der Waals surface area contributed by atoms with Crippen LogP contribution in [0.3, 0.4) is 0 Å². The van der Waals surface area contributed by atoms with Crippen LogP contribution in [0.2, 0.25) is 0 Å². The van der Waals surface area contributed by atoms with Gasteiger partial charge in [0.1, 0.15) is 5.82 Å². The predicted octanol–water partition coefficient (Wildman–Crippen LogP) is 4.61. The molecule has 0 N–H and O–H groups in total. The first-order chi connectivity index (χ1) is 8.19. The number of nitriles is 1. The zero-order valence-corrected chi connectivity index (χ0v) is 11.1. The molecule has 0 saturated heterocycles. The number of hydrogen-bond donors (Lipinski definition) is 0. The molecule has 1 nitrogen and oxygen atoms in total. The second kappa shape index (κ2) is 5.35. The molecule has 0 amide bonds. The molecule has 4 heteroatoms. The maximum Gasteiger partial charge on any atom is 0.138 e. The predicted molar refractivity (Wildman–Crippen MR) is 69.4 cm³/mol. The van der Waals surface area contributed by atoms with E-state index in [1.807, 2.05) is 30.3 Å². The topological polar surface area (TPSA) is 23.8 Å². The van der Waals surface area contributed by atoms with Crippen LogP contribution in [0.1, 0.15) is 5.56 Å². The van der Waals surface area contributed by atoms with Crippen LogP contribution in [0.4, 0.5) is 4.39 Å². The van der Waals surface area contributed by atoms with Crippen LogP contribution in [-0.4, -0.2) is 0 Å². The van der Waals surface area contributed by atoms with Gasteiger partial charge in [-0.3, -0.25) is 0 Å². The summed E-state index contributed by atoms with van der Waals surface area (Å²) in [7, 11) is 0. The van der Waals surface area contributed by atoms with E-state index in [-0.39, 0.29) is 5.82 Å². The first kappa shape index (κ1) is 12.2. The Kier molecular flexibility index (Phi) is 3.82. The molecule has 2 aromatic carbocycles. The van der Waals surface area contributed by atoms with Gasteiger partial charge in [-0.25, -0.2) is 4.39 Å². The van der Waals surface area contributed by atoms with Crippen molar-refractivity contribution in [2.75, 3.05) is 0 Å². The fourth-order valence-corrected chi connectivity index (χ4v) is 2.37. The van der Waals surface area contributed by atoms with Crippen LogP contribution < -0.4 is 0 Å². The minimum absolute atomic E-state index is 0.336. The van der Waals surface area contributed by atoms with Crippen LogP contribution in [0.15, 0.2) is 56.7 Å². The van der Waals surface area contributed by atoms with Gasteiger partial charge in [-0.05, 0) is 42.5 Å². The lowest BCUT2D eigenvalue weighted by Crippen LogP contribution is -1.83. The highest BCUT2D eigenvalue weighted by Crippen LogP contribution is 2.30. The highest BCUT2D eigenvalue weighted by Gasteiger charge is 2.05. The molecule has 84 valence electrons. The molecule has 0 aromatic heterocycles. The maximum atomic E-state index is 13.6. The maximum absolute atomic E-state index is 13.6. The van der Waals surface area contributed by atoms with Crippen LogP contribution in [0, 0.1) is 17.1 Å². The Morgan fingerprint density at radius 1 is 1.12 bits per heavy atom. The van der Waals surface area contributed by atoms with Crippen LogP contribution in [0.25, 0.3) is 0 Å². The molecule has 0 unspecified atom stereocenters. The van der Waals surface area contributed by atoms with Crippen molar-refractivity contribution in [2.45, 2.75) is 9.79 Å². The summed E-state index contributed by atoms with van der Waals surface area (Å²) in [6, 6.07) is 14.0. The highest BCUT2D eigenvalue weighted by atomic mass is 79.9. The summed E-state index contributed by atoms with van der Waals surface area (Å²) in [5.41, 5.74) is 0.336. The summed E-state index contributed by atoms with van der Waals surface area (Å²) in [5, 5.41) is 8.64. The molecule has 0 aliphatic heterocycles. The standard InChI is InChI=1S/C13H7BrFNS/c14-10-2-4-11(5-3-10)17-13-6-1-9(8-16)7-12(13)15/h1-7H. The Bertz CT molecular complexity index is 575. The molecule has 17 heavy (non-hydrogen) atoms. The second-order valence-electron chi connectivity index (χ2n) is 3.31. The van der Waals surface area contributed by atoms with Gasteiger partial charge in [0, 0.05) is 14.3 Å². The summed E-state index contributed by atoms with van der Waals surface area (Å²) in [6.07, 6.45) is 0. The lowest BCUT2D eigenvalue weighted by atomic mass is 10.2. The third-order valence-electron chi connectivity index (χ3n) is 2.10. The molecule has 0 spiro atoms. The van der Waals surface area contributed by atoms with E-state index in [1.165, 1.54) is 17.8 Å². The first-order valence-corrected chi connectivity index (χ1v) is 6.43. The van der Waals surface area contributed by atoms with Crippen molar-refractivity contribution in [1.82, 2.24) is 0 Å². The van der Waals surface area contributed by atoms with Crippen molar-refractivity contribution in [3.05, 3.63) is 58.3 Å². The molecule has 2 aromatic rings. The van der Waals surface area contributed by atoms with E-state index in [2.05, 4.69) is 15.9 Å². The molecule has 0 fully saturated rings. The molecule has 0 atom stereocenters. The van der Waals surface area contributed by atoms with E-state index in [9.17, 15) is 4.39 Å². The fourth-order valence-electron chi connectivity index (χ4n) is 1.28. The molecule has 0 aliphatic carbocycles. The zero-order chi connectivity index (χ0) is 12.3. The Hall–Kier alpha value is -1.31. The normalized spacial score (nSPS) is 9.94. The number of rotatable bonds is 2. The largest absolute Gasteiger partial charge is 0.206 e. The van der Waals surface area contributed by atoms with E-state index >= 15 is 0 Å². The van der Waals surface area contributed by atoms with Crippen LogP contribution in [0.5, 0.6) is 0 Å². The van der Waals surface area contributed by atoms with Crippen molar-refractivity contribution in [2.24, 2.45) is 0 Å². The van der Waals surface area contributed by atoms with Gasteiger partial charge in [-0.1, -0.05) is 27.7 Å². The molecule has 0 aliphatic rings. The zero-order valence-electron chi connectivity index (χ0n) is 8.65. The van der Waals surface area contributed by atoms with Crippen LogP contribution >= 0.6 is 27.7 Å². The Morgan fingerprint density at radius 3 is 2.41 bits per heavy atom. The monoisotopic (exact) mass is 307 g/mol. The quantitative estimate of drug-likeness (QED) is 0.809. The van der Waals surface area contributed by atoms with Crippen LogP contribution in [-0.2, 0) is 0 Å². The van der Waals surface area contributed by atoms with Crippen molar-refractivity contribution in [1.29, 1.82) is 5.26 Å². The summed E-state index contributed by atoms with van der Waals surface area (Å²) in [6.45, 7) is 0. The Morgan fingerprint density at radius 2 is 1.82 bits per heavy atom. The lowest BCUT2D eigenvalue weighted by Gasteiger charge is -2.03. The van der Waals surface area contributed by atoms with Crippen molar-refractivity contribution < 1.29 is 4.39 Å². The van der Waals surface area contributed by atoms with Gasteiger partial charge in [0.25, 0.3) is 0 Å².